The highest BCUT2D eigenvalue weighted by Crippen LogP contribution is 2.17. The maximum atomic E-state index is 9.18. The monoisotopic (exact) mass is 212 g/mol. The van der Waals surface area contributed by atoms with E-state index in [1.807, 2.05) is 0 Å². The van der Waals surface area contributed by atoms with Gasteiger partial charge in [-0.2, -0.15) is 0 Å². The maximum Gasteiger partial charge on any atom is 0.0587 e. The van der Waals surface area contributed by atoms with Crippen LogP contribution in [-0.2, 0) is 0 Å². The van der Waals surface area contributed by atoms with E-state index >= 15 is 0 Å². The summed E-state index contributed by atoms with van der Waals surface area (Å²) in [6, 6.07) is 0.368. The number of nitrogens with zero attached hydrogens (tertiary/aromatic N) is 1. The van der Waals surface area contributed by atoms with Crippen LogP contribution in [0.2, 0.25) is 0 Å². The number of aliphatic hydroxyl groups excluding tert-OH is 1. The summed E-state index contributed by atoms with van der Waals surface area (Å²) in [7, 11) is 0. The molecule has 0 radical (unpaired) electrons. The molecule has 15 heavy (non-hydrogen) atoms. The van der Waals surface area contributed by atoms with Crippen molar-refractivity contribution in [2.24, 2.45) is 0 Å². The summed E-state index contributed by atoms with van der Waals surface area (Å²) in [4.78, 5) is 2.34. The summed E-state index contributed by atoms with van der Waals surface area (Å²) in [5.41, 5.74) is 1.23. The maximum absolute atomic E-state index is 9.18. The molecule has 3 heteroatoms. The van der Waals surface area contributed by atoms with Crippen molar-refractivity contribution >= 4 is 0 Å². The summed E-state index contributed by atoms with van der Waals surface area (Å²) in [5, 5.41) is 12.5. The molecule has 1 atom stereocenters. The zero-order chi connectivity index (χ0) is 11.1. The SMILES string of the molecule is C=C(CNCCC)CN1CCCC1CO. The minimum Gasteiger partial charge on any atom is -0.395 e. The van der Waals surface area contributed by atoms with Gasteiger partial charge >= 0.3 is 0 Å². The Morgan fingerprint density at radius 2 is 2.40 bits per heavy atom. The normalized spacial score (nSPS) is 22.1. The van der Waals surface area contributed by atoms with Gasteiger partial charge in [-0.15, -0.1) is 0 Å². The molecule has 1 heterocycles. The standard InChI is InChI=1S/C12H24N2O/c1-3-6-13-8-11(2)9-14-7-4-5-12(14)10-15/h12-13,15H,2-10H2,1H3. The molecule has 2 N–H and O–H groups in total. The van der Waals surface area contributed by atoms with Gasteiger partial charge in [-0.25, -0.2) is 0 Å². The number of hydrogen-bond acceptors (Lipinski definition) is 3. The number of rotatable bonds is 7. The topological polar surface area (TPSA) is 35.5 Å². The van der Waals surface area contributed by atoms with Crippen LogP contribution in [0, 0.1) is 0 Å². The van der Waals surface area contributed by atoms with Crippen LogP contribution < -0.4 is 5.32 Å². The lowest BCUT2D eigenvalue weighted by Crippen LogP contribution is -2.35. The van der Waals surface area contributed by atoms with Crippen LogP contribution in [0.3, 0.4) is 0 Å². The van der Waals surface area contributed by atoms with E-state index in [1.54, 1.807) is 0 Å². The predicted octanol–water partition coefficient (Wildman–Crippen LogP) is 0.999. The van der Waals surface area contributed by atoms with E-state index in [1.165, 1.54) is 12.0 Å². The molecule has 88 valence electrons. The molecular formula is C12H24N2O. The van der Waals surface area contributed by atoms with Crippen LogP contribution in [0.5, 0.6) is 0 Å². The van der Waals surface area contributed by atoms with E-state index in [9.17, 15) is 5.11 Å². The van der Waals surface area contributed by atoms with Gasteiger partial charge in [-0.05, 0) is 37.9 Å². The molecule has 0 aromatic heterocycles. The fourth-order valence-electron chi connectivity index (χ4n) is 2.10. The molecule has 1 saturated heterocycles. The molecule has 0 aromatic carbocycles. The molecule has 0 spiro atoms. The summed E-state index contributed by atoms with van der Waals surface area (Å²) in [5.74, 6) is 0. The molecule has 3 nitrogen and oxygen atoms in total. The molecule has 1 aliphatic heterocycles. The lowest BCUT2D eigenvalue weighted by molar-refractivity contribution is 0.167. The average Bonchev–Trinajstić information content (AvgIpc) is 2.65. The van der Waals surface area contributed by atoms with E-state index in [2.05, 4.69) is 23.7 Å². The number of aliphatic hydroxyl groups is 1. The molecule has 1 aliphatic rings. The Morgan fingerprint density at radius 3 is 3.07 bits per heavy atom. The number of likely N-dealkylation sites (tertiary alicyclic amines) is 1. The highest BCUT2D eigenvalue weighted by Gasteiger charge is 2.23. The highest BCUT2D eigenvalue weighted by atomic mass is 16.3. The van der Waals surface area contributed by atoms with Gasteiger partial charge in [0.15, 0.2) is 0 Å². The lowest BCUT2D eigenvalue weighted by atomic mass is 10.2. The van der Waals surface area contributed by atoms with Crippen molar-refractivity contribution in [2.45, 2.75) is 32.2 Å². The fourth-order valence-corrected chi connectivity index (χ4v) is 2.10. The summed E-state index contributed by atoms with van der Waals surface area (Å²) in [6.07, 6.45) is 3.50. The quantitative estimate of drug-likeness (QED) is 0.488. The van der Waals surface area contributed by atoms with Crippen molar-refractivity contribution in [1.82, 2.24) is 10.2 Å². The molecule has 0 amide bonds. The number of nitrogens with one attached hydrogen (secondary N) is 1. The van der Waals surface area contributed by atoms with Crippen LogP contribution in [0.4, 0.5) is 0 Å². The number of hydrogen-bond donors (Lipinski definition) is 2. The molecule has 0 bridgehead atoms. The molecular weight excluding hydrogens is 188 g/mol. The van der Waals surface area contributed by atoms with Crippen LogP contribution in [0.15, 0.2) is 12.2 Å². The average molecular weight is 212 g/mol. The minimum absolute atomic E-state index is 0.287. The van der Waals surface area contributed by atoms with Crippen molar-refractivity contribution in [1.29, 1.82) is 0 Å². The highest BCUT2D eigenvalue weighted by molar-refractivity contribution is 5.01. The van der Waals surface area contributed by atoms with Crippen molar-refractivity contribution in [3.05, 3.63) is 12.2 Å². The van der Waals surface area contributed by atoms with Gasteiger partial charge in [0.05, 0.1) is 6.61 Å². The van der Waals surface area contributed by atoms with Gasteiger partial charge in [0.25, 0.3) is 0 Å². The Hall–Kier alpha value is -0.380. The van der Waals surface area contributed by atoms with E-state index < -0.39 is 0 Å². The molecule has 0 aromatic rings. The van der Waals surface area contributed by atoms with E-state index in [4.69, 9.17) is 0 Å². The second-order valence-corrected chi connectivity index (χ2v) is 4.38. The Kier molecular flexibility index (Phi) is 5.91. The summed E-state index contributed by atoms with van der Waals surface area (Å²) in [6.45, 7) is 10.5. The summed E-state index contributed by atoms with van der Waals surface area (Å²) < 4.78 is 0. The minimum atomic E-state index is 0.287. The van der Waals surface area contributed by atoms with Gasteiger partial charge < -0.3 is 10.4 Å². The fraction of sp³-hybridized carbons (Fsp3) is 0.833. The zero-order valence-corrected chi connectivity index (χ0v) is 9.84. The summed E-state index contributed by atoms with van der Waals surface area (Å²) >= 11 is 0. The van der Waals surface area contributed by atoms with Crippen molar-refractivity contribution in [3.63, 3.8) is 0 Å². The van der Waals surface area contributed by atoms with Gasteiger partial charge in [-0.3, -0.25) is 4.90 Å². The van der Waals surface area contributed by atoms with Crippen LogP contribution in [0.1, 0.15) is 26.2 Å². The Balaban J connectivity index is 2.19. The lowest BCUT2D eigenvalue weighted by Gasteiger charge is -2.23. The Labute approximate surface area is 93.2 Å². The van der Waals surface area contributed by atoms with Crippen LogP contribution in [-0.4, -0.2) is 48.8 Å². The zero-order valence-electron chi connectivity index (χ0n) is 9.84. The molecule has 0 saturated carbocycles. The molecule has 1 fully saturated rings. The van der Waals surface area contributed by atoms with E-state index in [-0.39, 0.29) is 6.61 Å². The first-order valence-electron chi connectivity index (χ1n) is 6.00. The first-order valence-corrected chi connectivity index (χ1v) is 6.00. The van der Waals surface area contributed by atoms with Gasteiger partial charge in [-0.1, -0.05) is 13.5 Å². The van der Waals surface area contributed by atoms with Gasteiger partial charge in [0.2, 0.25) is 0 Å². The third-order valence-electron chi connectivity index (χ3n) is 2.94. The van der Waals surface area contributed by atoms with Crippen molar-refractivity contribution in [3.8, 4) is 0 Å². The second kappa shape index (κ2) is 6.99. The Morgan fingerprint density at radius 1 is 1.60 bits per heavy atom. The van der Waals surface area contributed by atoms with Crippen LogP contribution >= 0.6 is 0 Å². The second-order valence-electron chi connectivity index (χ2n) is 4.38. The van der Waals surface area contributed by atoms with Crippen molar-refractivity contribution in [2.75, 3.05) is 32.8 Å². The molecule has 0 aliphatic carbocycles. The molecule has 1 rings (SSSR count). The Bertz CT molecular complexity index is 194. The largest absolute Gasteiger partial charge is 0.395 e. The third-order valence-corrected chi connectivity index (χ3v) is 2.94. The van der Waals surface area contributed by atoms with E-state index in [0.29, 0.717) is 6.04 Å². The van der Waals surface area contributed by atoms with Gasteiger partial charge in [0.1, 0.15) is 0 Å². The first-order chi connectivity index (χ1) is 7.27. The predicted molar refractivity (Wildman–Crippen MR) is 64.0 cm³/mol. The third kappa shape index (κ3) is 4.33. The van der Waals surface area contributed by atoms with Gasteiger partial charge in [0, 0.05) is 19.1 Å². The van der Waals surface area contributed by atoms with Crippen molar-refractivity contribution < 1.29 is 5.11 Å². The molecule has 1 unspecified atom stereocenters. The van der Waals surface area contributed by atoms with E-state index in [0.717, 1.165) is 39.0 Å². The smallest absolute Gasteiger partial charge is 0.0587 e. The first kappa shape index (κ1) is 12.7. The van der Waals surface area contributed by atoms with Crippen LogP contribution in [0.25, 0.3) is 0 Å².